The largest absolute Gasteiger partial charge is 0.493 e. The number of ketones is 2. The molecule has 0 atom stereocenters. The Morgan fingerprint density at radius 1 is 0.590 bits per heavy atom. The normalized spacial score (nSPS) is 11.0. The first kappa shape index (κ1) is 31.5. The van der Waals surface area contributed by atoms with Crippen molar-refractivity contribution in [1.82, 2.24) is 0 Å². The molecule has 8 nitrogen and oxygen atoms in total. The SMILES string of the molecule is CCCC(=O)C(=O)OCCCOc1ccc(C(C)(C)c2ccc(OCCCOC(=O)C(=O)CCC)cc2)cc1. The van der Waals surface area contributed by atoms with E-state index in [-0.39, 0.29) is 31.5 Å². The van der Waals surface area contributed by atoms with Crippen LogP contribution in [0.4, 0.5) is 0 Å². The average molecular weight is 541 g/mol. The summed E-state index contributed by atoms with van der Waals surface area (Å²) < 4.78 is 21.4. The summed E-state index contributed by atoms with van der Waals surface area (Å²) in [5.74, 6) is -1.10. The smallest absolute Gasteiger partial charge is 0.374 e. The fourth-order valence-electron chi connectivity index (χ4n) is 3.75. The van der Waals surface area contributed by atoms with Gasteiger partial charge in [0.1, 0.15) is 11.5 Å². The van der Waals surface area contributed by atoms with E-state index in [0.29, 0.717) is 50.4 Å². The molecule has 0 amide bonds. The molecule has 0 aliphatic rings. The van der Waals surface area contributed by atoms with E-state index >= 15 is 0 Å². The van der Waals surface area contributed by atoms with Crippen LogP contribution in [-0.4, -0.2) is 49.9 Å². The highest BCUT2D eigenvalue weighted by Gasteiger charge is 2.23. The molecular formula is C31H40O8. The second kappa shape index (κ2) is 16.3. The number of rotatable bonds is 18. The minimum atomic E-state index is -0.776. The third-order valence-electron chi connectivity index (χ3n) is 6.14. The summed E-state index contributed by atoms with van der Waals surface area (Å²) >= 11 is 0. The number of Topliss-reactive ketones (excluding diaryl/α,β-unsaturated/α-hetero) is 2. The van der Waals surface area contributed by atoms with Gasteiger partial charge in [-0.3, -0.25) is 9.59 Å². The minimum Gasteiger partial charge on any atom is -0.493 e. The van der Waals surface area contributed by atoms with E-state index in [4.69, 9.17) is 18.9 Å². The zero-order valence-corrected chi connectivity index (χ0v) is 23.5. The Balaban J connectivity index is 1.76. The number of ether oxygens (including phenoxy) is 4. The van der Waals surface area contributed by atoms with Crippen LogP contribution in [-0.2, 0) is 34.1 Å². The third-order valence-corrected chi connectivity index (χ3v) is 6.14. The molecule has 0 fully saturated rings. The third kappa shape index (κ3) is 10.5. The topological polar surface area (TPSA) is 105 Å². The first-order chi connectivity index (χ1) is 18.7. The highest BCUT2D eigenvalue weighted by molar-refractivity contribution is 6.33. The summed E-state index contributed by atoms with van der Waals surface area (Å²) in [6.45, 7) is 9.00. The summed E-state index contributed by atoms with van der Waals surface area (Å²) in [4.78, 5) is 45.9. The van der Waals surface area contributed by atoms with Gasteiger partial charge in [-0.1, -0.05) is 52.0 Å². The standard InChI is InChI=1S/C31H40O8/c1-5-9-27(32)29(34)38-21-7-19-36-25-15-11-23(12-16-25)31(3,4)24-13-17-26(18-14-24)37-20-8-22-39-30(35)28(33)10-6-2/h11-18H,5-10,19-22H2,1-4H3. The number of esters is 2. The first-order valence-electron chi connectivity index (χ1n) is 13.6. The van der Waals surface area contributed by atoms with E-state index in [1.165, 1.54) is 0 Å². The van der Waals surface area contributed by atoms with Crippen molar-refractivity contribution in [1.29, 1.82) is 0 Å². The van der Waals surface area contributed by atoms with E-state index in [0.717, 1.165) is 11.1 Å². The molecule has 2 rings (SSSR count). The zero-order chi connectivity index (χ0) is 28.7. The van der Waals surface area contributed by atoms with E-state index < -0.39 is 23.5 Å². The van der Waals surface area contributed by atoms with Gasteiger partial charge in [0, 0.05) is 31.1 Å². The molecule has 0 aliphatic heterocycles. The van der Waals surface area contributed by atoms with Crippen LogP contribution in [0.5, 0.6) is 11.5 Å². The van der Waals surface area contributed by atoms with Crippen molar-refractivity contribution in [2.75, 3.05) is 26.4 Å². The van der Waals surface area contributed by atoms with Crippen LogP contribution >= 0.6 is 0 Å². The van der Waals surface area contributed by atoms with Gasteiger partial charge < -0.3 is 18.9 Å². The van der Waals surface area contributed by atoms with Crippen LogP contribution in [0.1, 0.15) is 77.3 Å². The number of carbonyl (C=O) groups is 4. The van der Waals surface area contributed by atoms with Gasteiger partial charge in [-0.25, -0.2) is 9.59 Å². The lowest BCUT2D eigenvalue weighted by atomic mass is 9.78. The lowest BCUT2D eigenvalue weighted by Crippen LogP contribution is -2.19. The van der Waals surface area contributed by atoms with Crippen molar-refractivity contribution < 1.29 is 38.1 Å². The number of hydrogen-bond acceptors (Lipinski definition) is 8. The summed E-state index contributed by atoms with van der Waals surface area (Å²) in [7, 11) is 0. The summed E-state index contributed by atoms with van der Waals surface area (Å²) in [6, 6.07) is 15.7. The zero-order valence-electron chi connectivity index (χ0n) is 23.5. The molecule has 8 heteroatoms. The van der Waals surface area contributed by atoms with Crippen molar-refractivity contribution in [2.45, 2.75) is 71.6 Å². The van der Waals surface area contributed by atoms with Crippen molar-refractivity contribution in [3.05, 3.63) is 59.7 Å². The first-order valence-corrected chi connectivity index (χ1v) is 13.6. The Labute approximate surface area is 231 Å². The highest BCUT2D eigenvalue weighted by atomic mass is 16.5. The van der Waals surface area contributed by atoms with Crippen molar-refractivity contribution in [2.24, 2.45) is 0 Å². The minimum absolute atomic E-state index is 0.145. The lowest BCUT2D eigenvalue weighted by Gasteiger charge is -2.26. The molecular weight excluding hydrogens is 500 g/mol. The fourth-order valence-corrected chi connectivity index (χ4v) is 3.75. The molecule has 212 valence electrons. The molecule has 2 aromatic carbocycles. The van der Waals surface area contributed by atoms with E-state index in [2.05, 4.69) is 13.8 Å². The molecule has 0 saturated carbocycles. The van der Waals surface area contributed by atoms with Crippen LogP contribution in [0.2, 0.25) is 0 Å². The van der Waals surface area contributed by atoms with Gasteiger partial charge in [-0.05, 0) is 48.2 Å². The Morgan fingerprint density at radius 3 is 1.28 bits per heavy atom. The van der Waals surface area contributed by atoms with Crippen molar-refractivity contribution in [3.8, 4) is 11.5 Å². The van der Waals surface area contributed by atoms with E-state index in [1.807, 2.05) is 62.4 Å². The maximum absolute atomic E-state index is 11.5. The highest BCUT2D eigenvalue weighted by Crippen LogP contribution is 2.33. The summed E-state index contributed by atoms with van der Waals surface area (Å²) in [5.41, 5.74) is 1.98. The Kier molecular flexibility index (Phi) is 13.2. The van der Waals surface area contributed by atoms with Gasteiger partial charge in [-0.2, -0.15) is 0 Å². The molecule has 39 heavy (non-hydrogen) atoms. The molecule has 0 radical (unpaired) electrons. The van der Waals surface area contributed by atoms with Gasteiger partial charge in [0.15, 0.2) is 0 Å². The maximum atomic E-state index is 11.5. The Hall–Kier alpha value is -3.68. The van der Waals surface area contributed by atoms with Crippen LogP contribution in [0.3, 0.4) is 0 Å². The van der Waals surface area contributed by atoms with Gasteiger partial charge in [0.25, 0.3) is 0 Å². The van der Waals surface area contributed by atoms with Crippen LogP contribution < -0.4 is 9.47 Å². The molecule has 0 heterocycles. The molecule has 0 aliphatic carbocycles. The second-order valence-electron chi connectivity index (χ2n) is 9.70. The Bertz CT molecular complexity index is 985. The molecule has 0 unspecified atom stereocenters. The molecule has 2 aromatic rings. The summed E-state index contributed by atoms with van der Waals surface area (Å²) in [6.07, 6.45) is 2.65. The number of benzene rings is 2. The van der Waals surface area contributed by atoms with Crippen LogP contribution in [0.25, 0.3) is 0 Å². The van der Waals surface area contributed by atoms with Gasteiger partial charge in [-0.15, -0.1) is 0 Å². The van der Waals surface area contributed by atoms with Gasteiger partial charge in [0.05, 0.1) is 26.4 Å². The maximum Gasteiger partial charge on any atom is 0.374 e. The summed E-state index contributed by atoms with van der Waals surface area (Å²) in [5, 5.41) is 0. The van der Waals surface area contributed by atoms with Gasteiger partial charge in [0.2, 0.25) is 11.6 Å². The fraction of sp³-hybridized carbons (Fsp3) is 0.484. The number of hydrogen-bond donors (Lipinski definition) is 0. The molecule has 0 spiro atoms. The van der Waals surface area contributed by atoms with Crippen LogP contribution in [0.15, 0.2) is 48.5 Å². The molecule has 0 N–H and O–H groups in total. The Morgan fingerprint density at radius 2 is 0.949 bits per heavy atom. The molecule has 0 aromatic heterocycles. The quantitative estimate of drug-likeness (QED) is 0.141. The molecule has 0 bridgehead atoms. The van der Waals surface area contributed by atoms with E-state index in [9.17, 15) is 19.2 Å². The van der Waals surface area contributed by atoms with Gasteiger partial charge >= 0.3 is 11.9 Å². The second-order valence-corrected chi connectivity index (χ2v) is 9.70. The predicted molar refractivity (Wildman–Crippen MR) is 147 cm³/mol. The van der Waals surface area contributed by atoms with Crippen molar-refractivity contribution >= 4 is 23.5 Å². The number of carbonyl (C=O) groups excluding carboxylic acids is 4. The lowest BCUT2D eigenvalue weighted by molar-refractivity contribution is -0.154. The van der Waals surface area contributed by atoms with E-state index in [1.54, 1.807) is 0 Å². The average Bonchev–Trinajstić information content (AvgIpc) is 2.93. The van der Waals surface area contributed by atoms with Crippen LogP contribution in [0, 0.1) is 0 Å². The predicted octanol–water partition coefficient (Wildman–Crippen LogP) is 5.38. The monoisotopic (exact) mass is 540 g/mol. The van der Waals surface area contributed by atoms with Crippen molar-refractivity contribution in [3.63, 3.8) is 0 Å². The molecule has 0 saturated heterocycles.